The first-order chi connectivity index (χ1) is 15.5. The molecule has 0 spiro atoms. The minimum atomic E-state index is -2.47. The number of aliphatic hydroxyl groups is 1. The largest absolute Gasteiger partial charge is 0.481 e. The molecule has 9 heteroatoms. The van der Waals surface area contributed by atoms with Gasteiger partial charge in [-0.15, -0.1) is 0 Å². The van der Waals surface area contributed by atoms with Gasteiger partial charge in [0, 0.05) is 23.7 Å². The number of esters is 3. The zero-order chi connectivity index (χ0) is 28.7. The second-order valence-electron chi connectivity index (χ2n) is 4.06. The number of hydrogen-bond acceptors (Lipinski definition) is 8. The van der Waals surface area contributed by atoms with E-state index >= 15 is 0 Å². The van der Waals surface area contributed by atoms with Gasteiger partial charge in [-0.05, 0) is 26.7 Å². The fourth-order valence-corrected chi connectivity index (χ4v) is 0.909. The molecule has 0 saturated heterocycles. The second-order valence-corrected chi connectivity index (χ2v) is 4.06. The second kappa shape index (κ2) is 23.8. The molecule has 9 nitrogen and oxygen atoms in total. The summed E-state index contributed by atoms with van der Waals surface area (Å²) in [5.41, 5.74) is 0. The molecule has 0 amide bonds. The average Bonchev–Trinajstić information content (AvgIpc) is 2.63. The third-order valence-corrected chi connectivity index (χ3v) is 1.89. The zero-order valence-corrected chi connectivity index (χ0v) is 16.0. The van der Waals surface area contributed by atoms with Crippen LogP contribution in [0.4, 0.5) is 0 Å². The highest BCUT2D eigenvalue weighted by molar-refractivity contribution is 5.76. The highest BCUT2D eigenvalue weighted by Gasteiger charge is 2.06. The first kappa shape index (κ1) is 15.9. The maximum absolute atomic E-state index is 11.3. The van der Waals surface area contributed by atoms with Crippen LogP contribution in [0.5, 0.6) is 0 Å². The highest BCUT2D eigenvalue weighted by Crippen LogP contribution is 1.96. The lowest BCUT2D eigenvalue weighted by Gasteiger charge is -2.03. The van der Waals surface area contributed by atoms with E-state index < -0.39 is 75.4 Å². The van der Waals surface area contributed by atoms with Crippen LogP contribution >= 0.6 is 0 Å². The number of rotatable bonds is 11. The Morgan fingerprint density at radius 3 is 1.59 bits per heavy atom. The molecule has 27 heavy (non-hydrogen) atoms. The summed E-state index contributed by atoms with van der Waals surface area (Å²) in [5.74, 6) is -4.22. The summed E-state index contributed by atoms with van der Waals surface area (Å²) in [4.78, 5) is 42.2. The van der Waals surface area contributed by atoms with Crippen LogP contribution < -0.4 is 0 Å². The molecule has 0 bridgehead atoms. The molecule has 0 radical (unpaired) electrons. The fourth-order valence-electron chi connectivity index (χ4n) is 0.909. The van der Waals surface area contributed by atoms with E-state index in [9.17, 15) is 19.2 Å². The van der Waals surface area contributed by atoms with Crippen molar-refractivity contribution in [1.82, 2.24) is 0 Å². The van der Waals surface area contributed by atoms with Gasteiger partial charge < -0.3 is 24.4 Å². The fraction of sp³-hybridized carbons (Fsp3) is 0.778. The Morgan fingerprint density at radius 2 is 1.26 bits per heavy atom. The van der Waals surface area contributed by atoms with Crippen molar-refractivity contribution in [3.63, 3.8) is 0 Å². The van der Waals surface area contributed by atoms with Crippen LogP contribution in [0.1, 0.15) is 77.0 Å². The topological polar surface area (TPSA) is 136 Å². The Kier molecular flexibility index (Phi) is 14.0. The van der Waals surface area contributed by atoms with E-state index in [0.29, 0.717) is 6.61 Å². The van der Waals surface area contributed by atoms with E-state index in [1.165, 1.54) is 0 Å². The average molecular weight is 403 g/mol. The standard InChI is InChI=1S/C9H16O4.C5H10O2.C4H8O3/c1-3-5-6-8(10)13-7-9(11)12-4-2;1-2-3-4-5(6)7;1-2-7-4(6)3-5/h3-7H2,1-2H3;2-4H2,1H3,(H,6,7);5H,2-3H2,1H3/i3D2,6D2;2D2,4D2;. The van der Waals surface area contributed by atoms with Gasteiger partial charge in [0.25, 0.3) is 0 Å². The van der Waals surface area contributed by atoms with Gasteiger partial charge in [-0.25, -0.2) is 9.59 Å². The Morgan fingerprint density at radius 1 is 0.778 bits per heavy atom. The number of carboxylic acids is 1. The number of aliphatic carboxylic acids is 1. The van der Waals surface area contributed by atoms with Crippen molar-refractivity contribution in [3.05, 3.63) is 0 Å². The summed E-state index contributed by atoms with van der Waals surface area (Å²) in [6.07, 6.45) is -9.84. The first-order valence-electron chi connectivity index (χ1n) is 11.9. The third kappa shape index (κ3) is 32.0. The Labute approximate surface area is 172 Å². The maximum atomic E-state index is 11.3. The van der Waals surface area contributed by atoms with Crippen LogP contribution in [0.15, 0.2) is 0 Å². The third-order valence-electron chi connectivity index (χ3n) is 1.89. The number of carboxylic acid groups (broad SMARTS) is 1. The predicted molar refractivity (Wildman–Crippen MR) is 98.0 cm³/mol. The van der Waals surface area contributed by atoms with Crippen molar-refractivity contribution in [1.29, 1.82) is 0 Å². The van der Waals surface area contributed by atoms with Crippen LogP contribution in [-0.4, -0.2) is 60.5 Å². The smallest absolute Gasteiger partial charge is 0.344 e. The van der Waals surface area contributed by atoms with Gasteiger partial charge in [0.2, 0.25) is 0 Å². The summed E-state index contributed by atoms with van der Waals surface area (Å²) in [6, 6.07) is 0. The van der Waals surface area contributed by atoms with Crippen LogP contribution in [0.3, 0.4) is 0 Å². The zero-order valence-electron chi connectivity index (χ0n) is 24.0. The number of carbonyl (C=O) groups excluding carboxylic acids is 3. The summed E-state index contributed by atoms with van der Waals surface area (Å²) in [5, 5.41) is 16.3. The summed E-state index contributed by atoms with van der Waals surface area (Å²) in [6.45, 7) is 4.86. The van der Waals surface area contributed by atoms with Crippen LogP contribution in [0, 0.1) is 0 Å². The summed E-state index contributed by atoms with van der Waals surface area (Å²) < 4.78 is 69.9. The molecular weight excluding hydrogens is 360 g/mol. The SMILES string of the molecule is CCOC(=O)CO.[2H]C([2H])(C)CC([2H])([2H])C(=O)O.[2H]C([2H])(C)CC([2H])([2H])C(=O)OCC(=O)OCC. The van der Waals surface area contributed by atoms with Gasteiger partial charge in [-0.2, -0.15) is 0 Å². The number of ether oxygens (including phenoxy) is 3. The van der Waals surface area contributed by atoms with Crippen LogP contribution in [0.25, 0.3) is 0 Å². The molecule has 0 unspecified atom stereocenters. The lowest BCUT2D eigenvalue weighted by atomic mass is 10.2. The predicted octanol–water partition coefficient (Wildman–Crippen LogP) is 2.09. The molecule has 0 aromatic heterocycles. The van der Waals surface area contributed by atoms with E-state index in [-0.39, 0.29) is 6.61 Å². The number of hydrogen-bond donors (Lipinski definition) is 2. The Balaban J connectivity index is -0.000000486. The van der Waals surface area contributed by atoms with Crippen LogP contribution in [-0.2, 0) is 33.4 Å². The molecule has 0 saturated carbocycles. The van der Waals surface area contributed by atoms with E-state index in [1.54, 1.807) is 13.8 Å². The van der Waals surface area contributed by atoms with E-state index in [4.69, 9.17) is 21.2 Å². The molecule has 0 aromatic carbocycles. The van der Waals surface area contributed by atoms with Crippen molar-refractivity contribution in [3.8, 4) is 0 Å². The van der Waals surface area contributed by atoms with E-state index in [0.717, 1.165) is 13.8 Å². The number of aliphatic hydroxyl groups excluding tert-OH is 1. The van der Waals surface area contributed by atoms with Crippen molar-refractivity contribution in [2.24, 2.45) is 0 Å². The minimum Gasteiger partial charge on any atom is -0.481 e. The molecule has 2 N–H and O–H groups in total. The molecule has 160 valence electrons. The van der Waals surface area contributed by atoms with Gasteiger partial charge in [0.1, 0.15) is 6.61 Å². The maximum Gasteiger partial charge on any atom is 0.344 e. The quantitative estimate of drug-likeness (QED) is 0.393. The van der Waals surface area contributed by atoms with Crippen molar-refractivity contribution in [2.75, 3.05) is 26.4 Å². The molecule has 0 heterocycles. The molecule has 0 rings (SSSR count). The van der Waals surface area contributed by atoms with Gasteiger partial charge >= 0.3 is 23.9 Å². The molecule has 0 aromatic rings. The molecule has 0 atom stereocenters. The first-order valence-corrected chi connectivity index (χ1v) is 7.87. The molecule has 0 aliphatic carbocycles. The van der Waals surface area contributed by atoms with Gasteiger partial charge in [0.05, 0.1) is 13.2 Å². The van der Waals surface area contributed by atoms with Gasteiger partial charge in [-0.3, -0.25) is 9.59 Å². The molecule has 0 aliphatic heterocycles. The monoisotopic (exact) mass is 402 g/mol. The van der Waals surface area contributed by atoms with Crippen molar-refractivity contribution >= 4 is 23.9 Å². The van der Waals surface area contributed by atoms with Crippen molar-refractivity contribution < 1.29 is 54.6 Å². The highest BCUT2D eigenvalue weighted by atomic mass is 16.6. The lowest BCUT2D eigenvalue weighted by molar-refractivity contribution is -0.158. The normalized spacial score (nSPS) is 15.4. The molecular formula is C18H34O9. The molecule has 0 aliphatic rings. The van der Waals surface area contributed by atoms with Gasteiger partial charge in [-0.1, -0.05) is 26.6 Å². The van der Waals surface area contributed by atoms with Gasteiger partial charge in [0.15, 0.2) is 6.61 Å². The van der Waals surface area contributed by atoms with E-state index in [1.807, 2.05) is 0 Å². The summed E-state index contributed by atoms with van der Waals surface area (Å²) >= 11 is 0. The summed E-state index contributed by atoms with van der Waals surface area (Å²) in [7, 11) is 0. The Bertz CT molecular complexity index is 674. The van der Waals surface area contributed by atoms with Crippen molar-refractivity contribution in [2.45, 2.75) is 66.0 Å². The minimum absolute atomic E-state index is 0.140. The van der Waals surface area contributed by atoms with E-state index in [2.05, 4.69) is 14.2 Å². The molecule has 0 fully saturated rings. The van der Waals surface area contributed by atoms with Crippen LogP contribution in [0.2, 0.25) is 0 Å². The lowest BCUT2D eigenvalue weighted by Crippen LogP contribution is -2.16. The Hall–Kier alpha value is -2.16. The number of carbonyl (C=O) groups is 4.